The molecule has 0 aliphatic heterocycles. The average molecular weight is 278 g/mol. The standard InChI is InChI=1S/C12H18N6S/c1-13-10-8-11(17-12(16-10)19-2)15-4-3-6-18-7-5-14-9-18/h5,7-9H,3-4,6H2,1-2H3,(H2,13,15,16,17). The molecule has 0 spiro atoms. The first kappa shape index (κ1) is 13.7. The molecule has 2 heterocycles. The molecule has 0 aliphatic rings. The number of anilines is 2. The van der Waals surface area contributed by atoms with Gasteiger partial charge in [0.2, 0.25) is 0 Å². The zero-order chi connectivity index (χ0) is 13.5. The fraction of sp³-hybridized carbons (Fsp3) is 0.417. The lowest BCUT2D eigenvalue weighted by Crippen LogP contribution is -2.08. The SMILES string of the molecule is CNc1cc(NCCCn2ccnc2)nc(SC)n1. The largest absolute Gasteiger partial charge is 0.373 e. The third kappa shape index (κ3) is 4.13. The van der Waals surface area contributed by atoms with Crippen LogP contribution in [0.15, 0.2) is 29.9 Å². The highest BCUT2D eigenvalue weighted by molar-refractivity contribution is 7.98. The number of hydrogen-bond donors (Lipinski definition) is 2. The smallest absolute Gasteiger partial charge is 0.191 e. The minimum absolute atomic E-state index is 0.768. The molecule has 0 aliphatic carbocycles. The molecule has 19 heavy (non-hydrogen) atoms. The van der Waals surface area contributed by atoms with E-state index in [1.54, 1.807) is 6.20 Å². The number of imidazole rings is 1. The zero-order valence-corrected chi connectivity index (χ0v) is 11.9. The minimum atomic E-state index is 0.768. The molecule has 0 atom stereocenters. The molecule has 0 saturated heterocycles. The Morgan fingerprint density at radius 3 is 2.84 bits per heavy atom. The Morgan fingerprint density at radius 1 is 1.32 bits per heavy atom. The maximum absolute atomic E-state index is 4.42. The number of hydrogen-bond acceptors (Lipinski definition) is 6. The summed E-state index contributed by atoms with van der Waals surface area (Å²) < 4.78 is 2.06. The number of thioether (sulfide) groups is 1. The molecule has 0 unspecified atom stereocenters. The summed E-state index contributed by atoms with van der Waals surface area (Å²) in [4.78, 5) is 12.8. The van der Waals surface area contributed by atoms with Gasteiger partial charge in [-0.1, -0.05) is 11.8 Å². The molecule has 0 bridgehead atoms. The molecule has 0 saturated carbocycles. The molecule has 0 fully saturated rings. The predicted octanol–water partition coefficient (Wildman–Crippen LogP) is 1.94. The van der Waals surface area contributed by atoms with E-state index in [0.717, 1.165) is 36.3 Å². The summed E-state index contributed by atoms with van der Waals surface area (Å²) in [6.45, 7) is 1.82. The van der Waals surface area contributed by atoms with Crippen LogP contribution in [-0.4, -0.2) is 39.4 Å². The summed E-state index contributed by atoms with van der Waals surface area (Å²) in [5.41, 5.74) is 0. The quantitative estimate of drug-likeness (QED) is 0.458. The molecular formula is C12H18N6S. The van der Waals surface area contributed by atoms with Gasteiger partial charge in [0, 0.05) is 38.6 Å². The van der Waals surface area contributed by atoms with Crippen LogP contribution >= 0.6 is 11.8 Å². The van der Waals surface area contributed by atoms with Crippen molar-refractivity contribution in [2.75, 3.05) is 30.5 Å². The van der Waals surface area contributed by atoms with E-state index < -0.39 is 0 Å². The molecule has 0 radical (unpaired) electrons. The lowest BCUT2D eigenvalue weighted by molar-refractivity contribution is 0.659. The molecule has 2 rings (SSSR count). The number of nitrogens with zero attached hydrogens (tertiary/aromatic N) is 4. The van der Waals surface area contributed by atoms with E-state index in [1.807, 2.05) is 31.9 Å². The second-order valence-electron chi connectivity index (χ2n) is 3.96. The van der Waals surface area contributed by atoms with E-state index in [2.05, 4.69) is 30.2 Å². The predicted molar refractivity (Wildman–Crippen MR) is 78.7 cm³/mol. The third-order valence-electron chi connectivity index (χ3n) is 2.60. The lowest BCUT2D eigenvalue weighted by Gasteiger charge is -2.09. The van der Waals surface area contributed by atoms with Gasteiger partial charge >= 0.3 is 0 Å². The van der Waals surface area contributed by atoms with Crippen LogP contribution in [0.5, 0.6) is 0 Å². The fourth-order valence-corrected chi connectivity index (χ4v) is 2.01. The van der Waals surface area contributed by atoms with Crippen LogP contribution in [0.2, 0.25) is 0 Å². The van der Waals surface area contributed by atoms with Crippen molar-refractivity contribution in [3.8, 4) is 0 Å². The van der Waals surface area contributed by atoms with Gasteiger partial charge in [0.1, 0.15) is 11.6 Å². The Labute approximate surface area is 117 Å². The van der Waals surface area contributed by atoms with Gasteiger partial charge in [0.25, 0.3) is 0 Å². The van der Waals surface area contributed by atoms with E-state index >= 15 is 0 Å². The summed E-state index contributed by atoms with van der Waals surface area (Å²) >= 11 is 1.54. The van der Waals surface area contributed by atoms with Gasteiger partial charge in [-0.3, -0.25) is 0 Å². The summed E-state index contributed by atoms with van der Waals surface area (Å²) in [5, 5.41) is 7.12. The van der Waals surface area contributed by atoms with Crippen LogP contribution in [0.4, 0.5) is 11.6 Å². The van der Waals surface area contributed by atoms with E-state index in [4.69, 9.17) is 0 Å². The number of nitrogens with one attached hydrogen (secondary N) is 2. The fourth-order valence-electron chi connectivity index (χ4n) is 1.63. The minimum Gasteiger partial charge on any atom is -0.373 e. The van der Waals surface area contributed by atoms with Crippen molar-refractivity contribution in [1.29, 1.82) is 0 Å². The second-order valence-corrected chi connectivity index (χ2v) is 4.73. The van der Waals surface area contributed by atoms with Crippen molar-refractivity contribution in [1.82, 2.24) is 19.5 Å². The number of rotatable bonds is 7. The Bertz CT molecular complexity index is 477. The van der Waals surface area contributed by atoms with Crippen molar-refractivity contribution >= 4 is 23.4 Å². The third-order valence-corrected chi connectivity index (χ3v) is 3.15. The van der Waals surface area contributed by atoms with Gasteiger partial charge in [-0.15, -0.1) is 0 Å². The molecule has 0 amide bonds. The first-order chi connectivity index (χ1) is 9.31. The van der Waals surface area contributed by atoms with Crippen LogP contribution in [0.3, 0.4) is 0 Å². The van der Waals surface area contributed by atoms with E-state index in [-0.39, 0.29) is 0 Å². The van der Waals surface area contributed by atoms with Gasteiger partial charge in [-0.25, -0.2) is 15.0 Å². The van der Waals surface area contributed by atoms with Crippen LogP contribution < -0.4 is 10.6 Å². The Hall–Kier alpha value is -1.76. The Balaban J connectivity index is 1.84. The summed E-state index contributed by atoms with van der Waals surface area (Å²) in [6.07, 6.45) is 8.58. The first-order valence-corrected chi connectivity index (χ1v) is 7.34. The zero-order valence-electron chi connectivity index (χ0n) is 11.1. The highest BCUT2D eigenvalue weighted by atomic mass is 32.2. The maximum Gasteiger partial charge on any atom is 0.191 e. The monoisotopic (exact) mass is 278 g/mol. The van der Waals surface area contributed by atoms with E-state index in [0.29, 0.717) is 0 Å². The Morgan fingerprint density at radius 2 is 2.16 bits per heavy atom. The van der Waals surface area contributed by atoms with Crippen molar-refractivity contribution in [2.45, 2.75) is 18.1 Å². The summed E-state index contributed by atoms with van der Waals surface area (Å²) in [6, 6.07) is 1.91. The lowest BCUT2D eigenvalue weighted by atomic mass is 10.4. The van der Waals surface area contributed by atoms with Crippen LogP contribution in [0, 0.1) is 0 Å². The second kappa shape index (κ2) is 6.98. The van der Waals surface area contributed by atoms with E-state index in [1.165, 1.54) is 11.8 Å². The number of aromatic nitrogens is 4. The average Bonchev–Trinajstić information content (AvgIpc) is 2.96. The molecule has 0 aromatic carbocycles. The van der Waals surface area contributed by atoms with Crippen molar-refractivity contribution in [3.05, 3.63) is 24.8 Å². The van der Waals surface area contributed by atoms with Gasteiger partial charge in [0.05, 0.1) is 6.33 Å². The summed E-state index contributed by atoms with van der Waals surface area (Å²) in [5.74, 6) is 1.69. The molecular weight excluding hydrogens is 260 g/mol. The van der Waals surface area contributed by atoms with Crippen molar-refractivity contribution in [2.24, 2.45) is 0 Å². The highest BCUT2D eigenvalue weighted by Gasteiger charge is 2.02. The molecule has 2 N–H and O–H groups in total. The Kier molecular flexibility index (Phi) is 5.02. The molecule has 6 nitrogen and oxygen atoms in total. The molecule has 102 valence electrons. The molecule has 2 aromatic heterocycles. The van der Waals surface area contributed by atoms with Gasteiger partial charge in [-0.2, -0.15) is 0 Å². The molecule has 2 aromatic rings. The number of aryl methyl sites for hydroxylation is 1. The highest BCUT2D eigenvalue weighted by Crippen LogP contribution is 2.16. The van der Waals surface area contributed by atoms with Crippen LogP contribution in [0.1, 0.15) is 6.42 Å². The topological polar surface area (TPSA) is 67.7 Å². The van der Waals surface area contributed by atoms with Crippen LogP contribution in [-0.2, 0) is 6.54 Å². The normalized spacial score (nSPS) is 10.4. The first-order valence-electron chi connectivity index (χ1n) is 6.12. The van der Waals surface area contributed by atoms with Crippen molar-refractivity contribution < 1.29 is 0 Å². The maximum atomic E-state index is 4.42. The summed E-state index contributed by atoms with van der Waals surface area (Å²) in [7, 11) is 1.86. The van der Waals surface area contributed by atoms with Gasteiger partial charge in [-0.05, 0) is 12.7 Å². The van der Waals surface area contributed by atoms with Gasteiger partial charge < -0.3 is 15.2 Å². The van der Waals surface area contributed by atoms with E-state index in [9.17, 15) is 0 Å². The van der Waals surface area contributed by atoms with Crippen LogP contribution in [0.25, 0.3) is 0 Å². The van der Waals surface area contributed by atoms with Gasteiger partial charge in [0.15, 0.2) is 5.16 Å². The van der Waals surface area contributed by atoms with Crippen molar-refractivity contribution in [3.63, 3.8) is 0 Å². The molecule has 7 heteroatoms.